The Balaban J connectivity index is 1.25. The standard InChI is InChI=1S/C68H111NO9/c1-44(2)23-17-25-46(5)27-19-29-48(7)31-21-36-67(15)39-34-58-54(13)60(52(11)53(12)62(58)77-67)75-65(72)64(74-59(71)35-40-69-41-56(42-69)43-70)66(73)76-61-51(10)50(9)57-33-38-68(16,78-63(57)55(61)14)37-22-32-49(8)30-20-28-47(6)26-18-24-45(3)4/h44-49,56,64,70H,17-43H2,1-16H3/t46-,47-,48-,49-,64?,67-,68-/m1/s1. The van der Waals surface area contributed by atoms with Crippen molar-refractivity contribution >= 4 is 17.9 Å². The topological polar surface area (TPSA) is 121 Å². The van der Waals surface area contributed by atoms with Crippen molar-refractivity contribution in [2.75, 3.05) is 26.2 Å². The number of carbonyl (C=O) groups excluding carboxylic acids is 3. The van der Waals surface area contributed by atoms with Crippen LogP contribution in [-0.2, 0) is 32.0 Å². The van der Waals surface area contributed by atoms with E-state index in [1.165, 1.54) is 83.5 Å². The monoisotopic (exact) mass is 1090 g/mol. The van der Waals surface area contributed by atoms with Crippen LogP contribution in [0.3, 0.4) is 0 Å². The lowest BCUT2D eigenvalue weighted by Crippen LogP contribution is -2.49. The highest BCUT2D eigenvalue weighted by atomic mass is 16.6. The average Bonchev–Trinajstić information content (AvgIpc) is 3.48. The highest BCUT2D eigenvalue weighted by Gasteiger charge is 2.41. The van der Waals surface area contributed by atoms with Gasteiger partial charge in [0.15, 0.2) is 0 Å². The van der Waals surface area contributed by atoms with Crippen molar-refractivity contribution in [3.05, 3.63) is 44.5 Å². The summed E-state index contributed by atoms with van der Waals surface area (Å²) in [7, 11) is 0. The van der Waals surface area contributed by atoms with E-state index >= 15 is 0 Å². The molecule has 1 unspecified atom stereocenters. The molecule has 1 fully saturated rings. The highest BCUT2D eigenvalue weighted by Crippen LogP contribution is 2.47. The second-order valence-electron chi connectivity index (χ2n) is 27.1. The first-order valence-corrected chi connectivity index (χ1v) is 31.4. The first-order valence-electron chi connectivity index (χ1n) is 31.4. The Labute approximate surface area is 475 Å². The van der Waals surface area contributed by atoms with Gasteiger partial charge in [-0.3, -0.25) is 4.79 Å². The lowest BCUT2D eigenvalue weighted by atomic mass is 9.83. The van der Waals surface area contributed by atoms with Crippen molar-refractivity contribution in [2.24, 2.45) is 41.4 Å². The number of nitrogens with zero attached hydrogens (tertiary/aromatic N) is 1. The van der Waals surface area contributed by atoms with E-state index in [4.69, 9.17) is 23.7 Å². The van der Waals surface area contributed by atoms with Gasteiger partial charge in [-0.15, -0.1) is 0 Å². The molecule has 3 heterocycles. The molecule has 2 aromatic rings. The number of benzene rings is 2. The van der Waals surface area contributed by atoms with Gasteiger partial charge in [0, 0.05) is 43.3 Å². The van der Waals surface area contributed by atoms with E-state index in [9.17, 15) is 19.5 Å². The van der Waals surface area contributed by atoms with E-state index in [-0.39, 0.29) is 30.1 Å². The van der Waals surface area contributed by atoms with Crippen molar-refractivity contribution in [2.45, 2.75) is 276 Å². The summed E-state index contributed by atoms with van der Waals surface area (Å²) >= 11 is 0. The molecule has 78 heavy (non-hydrogen) atoms. The summed E-state index contributed by atoms with van der Waals surface area (Å²) in [5.41, 5.74) is 6.24. The van der Waals surface area contributed by atoms with Crippen molar-refractivity contribution < 1.29 is 43.2 Å². The number of rotatable bonds is 33. The third-order valence-corrected chi connectivity index (χ3v) is 18.7. The number of ether oxygens (including phenoxy) is 5. The number of carbonyl (C=O) groups is 3. The molecule has 0 bridgehead atoms. The van der Waals surface area contributed by atoms with Gasteiger partial charge in [-0.2, -0.15) is 0 Å². The molecule has 0 radical (unpaired) electrons. The van der Waals surface area contributed by atoms with Gasteiger partial charge in [-0.25, -0.2) is 9.59 Å². The Hall–Kier alpha value is -3.63. The zero-order chi connectivity index (χ0) is 57.5. The Morgan fingerprint density at radius 2 is 0.923 bits per heavy atom. The van der Waals surface area contributed by atoms with Gasteiger partial charge < -0.3 is 33.7 Å². The Kier molecular flexibility index (Phi) is 25.4. The van der Waals surface area contributed by atoms with Crippen molar-refractivity contribution in [3.63, 3.8) is 0 Å². The number of hydrogen-bond acceptors (Lipinski definition) is 10. The van der Waals surface area contributed by atoms with Gasteiger partial charge in [-0.05, 0) is 176 Å². The molecule has 7 atom stereocenters. The maximum Gasteiger partial charge on any atom is 0.364 e. The third-order valence-electron chi connectivity index (χ3n) is 18.7. The van der Waals surface area contributed by atoms with Crippen molar-refractivity contribution in [3.8, 4) is 23.0 Å². The zero-order valence-corrected chi connectivity index (χ0v) is 52.4. The first kappa shape index (κ1) is 65.2. The number of likely N-dealkylation sites (tertiary alicyclic amines) is 1. The maximum absolute atomic E-state index is 14.6. The second kappa shape index (κ2) is 30.4. The molecule has 10 heteroatoms. The van der Waals surface area contributed by atoms with Gasteiger partial charge in [0.25, 0.3) is 6.10 Å². The molecule has 3 aliphatic heterocycles. The molecule has 2 aromatic carbocycles. The molecule has 1 N–H and O–H groups in total. The van der Waals surface area contributed by atoms with Crippen molar-refractivity contribution in [1.29, 1.82) is 0 Å². The second-order valence-corrected chi connectivity index (χ2v) is 27.1. The molecule has 442 valence electrons. The fraction of sp³-hybridized carbons (Fsp3) is 0.779. The first-order chi connectivity index (χ1) is 36.8. The van der Waals surface area contributed by atoms with E-state index in [2.05, 4.69) is 69.2 Å². The predicted octanol–water partition coefficient (Wildman–Crippen LogP) is 16.3. The van der Waals surface area contributed by atoms with Crippen LogP contribution in [0.2, 0.25) is 0 Å². The molecule has 3 aliphatic rings. The molecule has 0 spiro atoms. The van der Waals surface area contributed by atoms with Crippen LogP contribution in [0.15, 0.2) is 0 Å². The predicted molar refractivity (Wildman–Crippen MR) is 318 cm³/mol. The molecule has 5 rings (SSSR count). The number of aliphatic hydroxyl groups is 1. The third kappa shape index (κ3) is 19.0. The quantitative estimate of drug-likeness (QED) is 0.0420. The number of esters is 3. The minimum atomic E-state index is -1.98. The molecular formula is C68H111NO9. The van der Waals surface area contributed by atoms with E-state index in [0.717, 1.165) is 132 Å². The minimum absolute atomic E-state index is 0.0445. The fourth-order valence-corrected chi connectivity index (χ4v) is 12.8. The van der Waals surface area contributed by atoms with Crippen LogP contribution in [0, 0.1) is 83.0 Å². The summed E-state index contributed by atoms with van der Waals surface area (Å²) in [6, 6.07) is 0. The molecule has 0 saturated carbocycles. The Morgan fingerprint density at radius 3 is 1.36 bits per heavy atom. The Bertz CT molecular complexity index is 2260. The zero-order valence-electron chi connectivity index (χ0n) is 52.4. The largest absolute Gasteiger partial charge is 0.487 e. The van der Waals surface area contributed by atoms with Crippen LogP contribution in [0.25, 0.3) is 0 Å². The van der Waals surface area contributed by atoms with Gasteiger partial charge >= 0.3 is 17.9 Å². The normalized spacial score (nSPS) is 20.4. The lowest BCUT2D eigenvalue weighted by Gasteiger charge is -2.38. The van der Waals surface area contributed by atoms with Crippen LogP contribution in [0.5, 0.6) is 23.0 Å². The molecule has 0 aliphatic carbocycles. The van der Waals surface area contributed by atoms with E-state index < -0.39 is 24.0 Å². The minimum Gasteiger partial charge on any atom is -0.487 e. The van der Waals surface area contributed by atoms with Crippen LogP contribution >= 0.6 is 0 Å². The van der Waals surface area contributed by atoms with Gasteiger partial charge in [0.1, 0.15) is 34.2 Å². The molecular weight excluding hydrogens is 975 g/mol. The SMILES string of the molecule is Cc1c(C)c(OC(=O)C(OC(=O)CCN2CC(CO)C2)C(=O)Oc2c(C)c(C)c3c(c2C)CC[C@@](C)(CCC[C@H](C)CCC[C@H](C)CCCC(C)C)O3)c(C)c2c1CC[C@@](C)(CCC[C@H](C)CCC[C@H](C)CCCC(C)C)O2. The average molecular weight is 1090 g/mol. The molecule has 0 amide bonds. The van der Waals surface area contributed by atoms with Crippen molar-refractivity contribution in [1.82, 2.24) is 4.90 Å². The summed E-state index contributed by atoms with van der Waals surface area (Å²) in [5.74, 6) is 4.16. The summed E-state index contributed by atoms with van der Waals surface area (Å²) in [6.45, 7) is 36.8. The Morgan fingerprint density at radius 1 is 0.538 bits per heavy atom. The summed E-state index contributed by atoms with van der Waals surface area (Å²) in [5, 5.41) is 9.54. The van der Waals surface area contributed by atoms with Gasteiger partial charge in [0.05, 0.1) is 6.42 Å². The van der Waals surface area contributed by atoms with E-state index in [0.29, 0.717) is 48.5 Å². The summed E-state index contributed by atoms with van der Waals surface area (Å²) in [4.78, 5) is 44.7. The smallest absolute Gasteiger partial charge is 0.364 e. The lowest BCUT2D eigenvalue weighted by molar-refractivity contribution is -0.172. The van der Waals surface area contributed by atoms with E-state index in [1.54, 1.807) is 0 Å². The number of fused-ring (bicyclic) bond motifs is 2. The summed E-state index contributed by atoms with van der Waals surface area (Å²) < 4.78 is 32.2. The molecule has 0 aromatic heterocycles. The van der Waals surface area contributed by atoms with Crippen LogP contribution in [0.1, 0.15) is 249 Å². The van der Waals surface area contributed by atoms with Crippen LogP contribution in [0.4, 0.5) is 0 Å². The maximum atomic E-state index is 14.6. The fourth-order valence-electron chi connectivity index (χ4n) is 12.8. The number of hydrogen-bond donors (Lipinski definition) is 1. The summed E-state index contributed by atoms with van der Waals surface area (Å²) in [6.07, 6.45) is 23.5. The number of aliphatic hydroxyl groups excluding tert-OH is 1. The highest BCUT2D eigenvalue weighted by molar-refractivity contribution is 6.01. The molecule has 1 saturated heterocycles. The van der Waals surface area contributed by atoms with Gasteiger partial charge in [0.2, 0.25) is 0 Å². The van der Waals surface area contributed by atoms with Gasteiger partial charge in [-0.1, -0.05) is 145 Å². The van der Waals surface area contributed by atoms with Crippen LogP contribution < -0.4 is 18.9 Å². The van der Waals surface area contributed by atoms with Crippen LogP contribution in [-0.4, -0.2) is 71.5 Å². The van der Waals surface area contributed by atoms with E-state index in [1.807, 2.05) is 46.4 Å². The molecule has 10 nitrogen and oxygen atoms in total.